The van der Waals surface area contributed by atoms with E-state index >= 15 is 0 Å². The van der Waals surface area contributed by atoms with E-state index in [2.05, 4.69) is 20.6 Å². The number of anilines is 1. The molecule has 1 aliphatic heterocycles. The number of amides is 2. The zero-order chi connectivity index (χ0) is 23.0. The molecule has 1 aromatic carbocycles. The van der Waals surface area contributed by atoms with Crippen molar-refractivity contribution in [3.63, 3.8) is 0 Å². The van der Waals surface area contributed by atoms with Gasteiger partial charge in [0.05, 0.1) is 23.2 Å². The van der Waals surface area contributed by atoms with E-state index < -0.39 is 17.8 Å². The fraction of sp³-hybridized carbons (Fsp3) is 0.524. The third-order valence-electron chi connectivity index (χ3n) is 6.16. The van der Waals surface area contributed by atoms with E-state index in [1.54, 1.807) is 4.90 Å². The number of halogens is 3. The van der Waals surface area contributed by atoms with Gasteiger partial charge in [0, 0.05) is 24.9 Å². The lowest BCUT2D eigenvalue weighted by molar-refractivity contribution is -0.137. The first kappa shape index (κ1) is 22.3. The Labute approximate surface area is 182 Å². The van der Waals surface area contributed by atoms with Crippen molar-refractivity contribution in [2.24, 2.45) is 5.73 Å². The largest absolute Gasteiger partial charge is 0.416 e. The fourth-order valence-corrected chi connectivity index (χ4v) is 4.65. The molecule has 4 N–H and O–H groups in total. The number of nitrogens with one attached hydrogen (secondary N) is 2. The molecule has 32 heavy (non-hydrogen) atoms. The second-order valence-electron chi connectivity index (χ2n) is 8.42. The molecule has 2 aliphatic rings. The van der Waals surface area contributed by atoms with Crippen molar-refractivity contribution in [1.82, 2.24) is 20.2 Å². The molecule has 8 nitrogen and oxygen atoms in total. The third-order valence-corrected chi connectivity index (χ3v) is 6.16. The fourth-order valence-electron chi connectivity index (χ4n) is 4.65. The van der Waals surface area contributed by atoms with Gasteiger partial charge in [0.2, 0.25) is 11.8 Å². The second-order valence-corrected chi connectivity index (χ2v) is 8.42. The molecule has 1 aromatic heterocycles. The van der Waals surface area contributed by atoms with Crippen molar-refractivity contribution in [1.29, 1.82) is 0 Å². The maximum atomic E-state index is 13.2. The van der Waals surface area contributed by atoms with Crippen LogP contribution in [0.15, 0.2) is 24.5 Å². The Kier molecular flexibility index (Phi) is 5.93. The summed E-state index contributed by atoms with van der Waals surface area (Å²) in [6.07, 6.45) is -0.761. The number of fused-ring (bicyclic) bond motifs is 1. The first-order chi connectivity index (χ1) is 15.1. The summed E-state index contributed by atoms with van der Waals surface area (Å²) in [6, 6.07) is 2.19. The zero-order valence-electron chi connectivity index (χ0n) is 17.5. The van der Waals surface area contributed by atoms with Crippen LogP contribution >= 0.6 is 0 Å². The number of aromatic nitrogens is 2. The van der Waals surface area contributed by atoms with Gasteiger partial charge in [0.1, 0.15) is 18.2 Å². The van der Waals surface area contributed by atoms with Crippen LogP contribution in [0.3, 0.4) is 0 Å². The Balaban J connectivity index is 1.55. The van der Waals surface area contributed by atoms with Crippen molar-refractivity contribution in [2.75, 3.05) is 11.9 Å². The lowest BCUT2D eigenvalue weighted by Crippen LogP contribution is -2.57. The summed E-state index contributed by atoms with van der Waals surface area (Å²) in [6.45, 7) is 1.91. The minimum Gasteiger partial charge on any atom is -0.358 e. The molecule has 172 valence electrons. The normalized spacial score (nSPS) is 26.4. The number of nitrogens with zero attached hydrogens (tertiary/aromatic N) is 3. The van der Waals surface area contributed by atoms with Gasteiger partial charge >= 0.3 is 6.18 Å². The van der Waals surface area contributed by atoms with Gasteiger partial charge in [-0.3, -0.25) is 9.59 Å². The monoisotopic (exact) mass is 450 g/mol. The standard InChI is InChI=1S/C21H25F3N6O2/c1-11(31)28-17-9-13(25)3-5-18(17)30-7-6-16(20(30)32)29-19-14-8-12(21(22,23)24)2-4-15(14)26-10-27-19/h2,4,8,10,13,16-18H,3,5-7,9,25H2,1H3,(H,28,31)(H,26,27,29)/t13?,16?,17?,18-/m0/s1. The molecule has 0 radical (unpaired) electrons. The van der Waals surface area contributed by atoms with Crippen LogP contribution in [0.2, 0.25) is 0 Å². The maximum absolute atomic E-state index is 13.2. The highest BCUT2D eigenvalue weighted by molar-refractivity contribution is 5.93. The highest BCUT2D eigenvalue weighted by Crippen LogP contribution is 2.33. The maximum Gasteiger partial charge on any atom is 0.416 e. The van der Waals surface area contributed by atoms with Gasteiger partial charge in [-0.25, -0.2) is 9.97 Å². The quantitative estimate of drug-likeness (QED) is 0.657. The first-order valence-electron chi connectivity index (χ1n) is 10.5. The van der Waals surface area contributed by atoms with Gasteiger partial charge in [0.15, 0.2) is 0 Å². The van der Waals surface area contributed by atoms with Crippen LogP contribution in [0.4, 0.5) is 19.0 Å². The first-order valence-corrected chi connectivity index (χ1v) is 10.5. The molecule has 2 amide bonds. The smallest absolute Gasteiger partial charge is 0.358 e. The van der Waals surface area contributed by atoms with Crippen molar-refractivity contribution in [2.45, 2.75) is 63.0 Å². The third kappa shape index (κ3) is 4.47. The summed E-state index contributed by atoms with van der Waals surface area (Å²) in [5.41, 5.74) is 5.61. The Morgan fingerprint density at radius 3 is 2.72 bits per heavy atom. The summed E-state index contributed by atoms with van der Waals surface area (Å²) in [4.78, 5) is 34.7. The van der Waals surface area contributed by atoms with Crippen molar-refractivity contribution in [3.8, 4) is 0 Å². The van der Waals surface area contributed by atoms with Gasteiger partial charge in [-0.05, 0) is 43.9 Å². The van der Waals surface area contributed by atoms with Gasteiger partial charge in [-0.1, -0.05) is 0 Å². The highest BCUT2D eigenvalue weighted by atomic mass is 19.4. The predicted molar refractivity (Wildman–Crippen MR) is 111 cm³/mol. The molecule has 2 fully saturated rings. The molecule has 2 aromatic rings. The van der Waals surface area contributed by atoms with Crippen molar-refractivity contribution < 1.29 is 22.8 Å². The van der Waals surface area contributed by atoms with E-state index in [4.69, 9.17) is 5.73 Å². The molecule has 11 heteroatoms. The Hall–Kier alpha value is -2.95. The molecule has 3 unspecified atom stereocenters. The topological polar surface area (TPSA) is 113 Å². The number of likely N-dealkylation sites (tertiary alicyclic amines) is 1. The lowest BCUT2D eigenvalue weighted by Gasteiger charge is -2.40. The molecule has 1 saturated heterocycles. The van der Waals surface area contributed by atoms with E-state index in [0.717, 1.165) is 18.6 Å². The van der Waals surface area contributed by atoms with Gasteiger partial charge < -0.3 is 21.3 Å². The van der Waals surface area contributed by atoms with Crippen LogP contribution < -0.4 is 16.4 Å². The van der Waals surface area contributed by atoms with E-state index in [0.29, 0.717) is 31.3 Å². The van der Waals surface area contributed by atoms with Gasteiger partial charge in [-0.15, -0.1) is 0 Å². The van der Waals surface area contributed by atoms with Crippen LogP contribution in [0, 0.1) is 0 Å². The van der Waals surface area contributed by atoms with E-state index in [1.165, 1.54) is 19.3 Å². The Morgan fingerprint density at radius 2 is 2.00 bits per heavy atom. The minimum atomic E-state index is -4.50. The van der Waals surface area contributed by atoms with Crippen LogP contribution in [0.1, 0.15) is 38.2 Å². The molecule has 4 rings (SSSR count). The number of carbonyl (C=O) groups excluding carboxylic acids is 2. The Bertz CT molecular complexity index is 1030. The minimum absolute atomic E-state index is 0.0371. The molecule has 1 aliphatic carbocycles. The summed E-state index contributed by atoms with van der Waals surface area (Å²) >= 11 is 0. The summed E-state index contributed by atoms with van der Waals surface area (Å²) in [5, 5.41) is 6.13. The SMILES string of the molecule is CC(=O)NC1CC(N)CC[C@@H]1N1CCC(Nc2ncnc3ccc(C(F)(F)F)cc23)C1=O. The molecule has 4 atom stereocenters. The average Bonchev–Trinajstić information content (AvgIpc) is 3.07. The molecular formula is C21H25F3N6O2. The van der Waals surface area contributed by atoms with Crippen LogP contribution in [0.25, 0.3) is 10.9 Å². The number of alkyl halides is 3. The summed E-state index contributed by atoms with van der Waals surface area (Å²) < 4.78 is 39.5. The van der Waals surface area contributed by atoms with Crippen LogP contribution in [-0.2, 0) is 15.8 Å². The van der Waals surface area contributed by atoms with Crippen molar-refractivity contribution in [3.05, 3.63) is 30.1 Å². The lowest BCUT2D eigenvalue weighted by atomic mass is 9.86. The van der Waals surface area contributed by atoms with E-state index in [-0.39, 0.29) is 41.1 Å². The number of carbonyl (C=O) groups is 2. The number of rotatable bonds is 4. The van der Waals surface area contributed by atoms with Crippen LogP contribution in [-0.4, -0.2) is 57.4 Å². The van der Waals surface area contributed by atoms with Gasteiger partial charge in [0.25, 0.3) is 0 Å². The molecular weight excluding hydrogens is 425 g/mol. The summed E-state index contributed by atoms with van der Waals surface area (Å²) in [7, 11) is 0. The van der Waals surface area contributed by atoms with Gasteiger partial charge in [-0.2, -0.15) is 13.2 Å². The number of hydrogen-bond donors (Lipinski definition) is 3. The molecule has 2 heterocycles. The molecule has 1 saturated carbocycles. The molecule has 0 spiro atoms. The molecule has 0 bridgehead atoms. The van der Waals surface area contributed by atoms with E-state index in [9.17, 15) is 22.8 Å². The zero-order valence-corrected chi connectivity index (χ0v) is 17.5. The van der Waals surface area contributed by atoms with Crippen LogP contribution in [0.5, 0.6) is 0 Å². The number of hydrogen-bond acceptors (Lipinski definition) is 6. The highest BCUT2D eigenvalue weighted by Gasteiger charge is 2.41. The summed E-state index contributed by atoms with van der Waals surface area (Å²) in [5.74, 6) is -0.159. The van der Waals surface area contributed by atoms with E-state index in [1.807, 2.05) is 0 Å². The number of benzene rings is 1. The van der Waals surface area contributed by atoms with Crippen molar-refractivity contribution >= 4 is 28.5 Å². The Morgan fingerprint density at radius 1 is 1.22 bits per heavy atom. The predicted octanol–water partition coefficient (Wildman–Crippen LogP) is 2.05. The number of nitrogens with two attached hydrogens (primary N) is 1. The second kappa shape index (κ2) is 8.53. The average molecular weight is 450 g/mol.